The minimum atomic E-state index is -3.53. The summed E-state index contributed by atoms with van der Waals surface area (Å²) in [5.41, 5.74) is 0.533. The summed E-state index contributed by atoms with van der Waals surface area (Å²) >= 11 is 0. The lowest BCUT2D eigenvalue weighted by Crippen LogP contribution is -2.33. The van der Waals surface area contributed by atoms with E-state index in [0.717, 1.165) is 0 Å². The number of aromatic nitrogens is 2. The molecule has 0 spiro atoms. The molecule has 0 saturated heterocycles. The van der Waals surface area contributed by atoms with E-state index in [1.54, 1.807) is 49.2 Å². The average Bonchev–Trinajstić information content (AvgIpc) is 3.08. The molecule has 0 aliphatic heterocycles. The second kappa shape index (κ2) is 7.14. The minimum absolute atomic E-state index is 0.135. The summed E-state index contributed by atoms with van der Waals surface area (Å²) in [6.07, 6.45) is 3.32. The molecule has 1 amide bonds. The predicted molar refractivity (Wildman–Crippen MR) is 92.1 cm³/mol. The molecule has 1 atom stereocenters. The third-order valence-electron chi connectivity index (χ3n) is 3.83. The van der Waals surface area contributed by atoms with Crippen LogP contribution in [0.15, 0.2) is 47.6 Å². The highest BCUT2D eigenvalue weighted by Gasteiger charge is 2.23. The third kappa shape index (κ3) is 3.82. The number of nitrogens with one attached hydrogen (secondary N) is 1. The maximum Gasteiger partial charge on any atom is 0.248 e. The molecule has 1 aromatic carbocycles. The molecule has 1 N–H and O–H groups in total. The van der Waals surface area contributed by atoms with E-state index in [1.807, 2.05) is 13.8 Å². The molecule has 0 saturated carbocycles. The van der Waals surface area contributed by atoms with Gasteiger partial charge < -0.3 is 5.32 Å². The van der Waals surface area contributed by atoms with Crippen molar-refractivity contribution in [2.24, 2.45) is 0 Å². The Morgan fingerprint density at radius 2 is 1.83 bits per heavy atom. The van der Waals surface area contributed by atoms with Gasteiger partial charge >= 0.3 is 0 Å². The highest BCUT2D eigenvalue weighted by atomic mass is 32.2. The lowest BCUT2D eigenvalue weighted by atomic mass is 10.2. The normalized spacial score (nSPS) is 13.2. The largest absolute Gasteiger partial charge is 0.324 e. The second-order valence-corrected chi connectivity index (χ2v) is 7.79. The molecule has 24 heavy (non-hydrogen) atoms. The fourth-order valence-electron chi connectivity index (χ4n) is 2.03. The first-order chi connectivity index (χ1) is 11.2. The van der Waals surface area contributed by atoms with Crippen LogP contribution in [0.2, 0.25) is 0 Å². The van der Waals surface area contributed by atoms with Crippen LogP contribution in [-0.2, 0) is 14.8 Å². The summed E-state index contributed by atoms with van der Waals surface area (Å²) in [5.74, 6) is -0.228. The number of hydrogen-bond donors (Lipinski definition) is 1. The number of carbonyl (C=O) groups excluding carboxylic acids is 1. The van der Waals surface area contributed by atoms with Crippen molar-refractivity contribution in [1.29, 1.82) is 0 Å². The van der Waals surface area contributed by atoms with Crippen LogP contribution in [0.3, 0.4) is 0 Å². The minimum Gasteiger partial charge on any atom is -0.324 e. The van der Waals surface area contributed by atoms with Gasteiger partial charge in [-0.05, 0) is 51.1 Å². The molecular weight excluding hydrogens is 328 g/mol. The molecular formula is C16H22N4O3S. The topological polar surface area (TPSA) is 84.3 Å². The van der Waals surface area contributed by atoms with Crippen molar-refractivity contribution in [3.05, 3.63) is 42.7 Å². The first-order valence-electron chi connectivity index (χ1n) is 7.61. The first kappa shape index (κ1) is 18.2. The maximum absolute atomic E-state index is 12.4. The van der Waals surface area contributed by atoms with E-state index in [4.69, 9.17) is 0 Å². The molecule has 7 nitrogen and oxygen atoms in total. The molecule has 1 unspecified atom stereocenters. The van der Waals surface area contributed by atoms with Gasteiger partial charge in [0.2, 0.25) is 15.9 Å². The number of sulfonamides is 1. The van der Waals surface area contributed by atoms with E-state index in [2.05, 4.69) is 10.4 Å². The van der Waals surface area contributed by atoms with Crippen molar-refractivity contribution >= 4 is 21.6 Å². The number of nitrogens with zero attached hydrogens (tertiary/aromatic N) is 3. The van der Waals surface area contributed by atoms with Crippen LogP contribution in [0.25, 0.3) is 0 Å². The first-order valence-corrected chi connectivity index (χ1v) is 9.05. The molecule has 1 heterocycles. The summed E-state index contributed by atoms with van der Waals surface area (Å²) in [4.78, 5) is 12.4. The van der Waals surface area contributed by atoms with Crippen molar-refractivity contribution in [1.82, 2.24) is 14.1 Å². The molecule has 2 rings (SSSR count). The van der Waals surface area contributed by atoms with Crippen LogP contribution in [0.4, 0.5) is 5.69 Å². The Bertz CT molecular complexity index is 783. The fraction of sp³-hybridized carbons (Fsp3) is 0.375. The Hall–Kier alpha value is -2.19. The van der Waals surface area contributed by atoms with E-state index >= 15 is 0 Å². The van der Waals surface area contributed by atoms with Gasteiger partial charge in [0, 0.05) is 31.2 Å². The fourth-order valence-corrected chi connectivity index (χ4v) is 3.40. The number of carbonyl (C=O) groups is 1. The van der Waals surface area contributed by atoms with Gasteiger partial charge in [-0.25, -0.2) is 8.42 Å². The van der Waals surface area contributed by atoms with Gasteiger partial charge in [-0.1, -0.05) is 0 Å². The Balaban J connectivity index is 2.11. The summed E-state index contributed by atoms with van der Waals surface area (Å²) < 4.78 is 27.6. The summed E-state index contributed by atoms with van der Waals surface area (Å²) in [6, 6.07) is 7.28. The number of amides is 1. The molecule has 1 aromatic heterocycles. The van der Waals surface area contributed by atoms with Gasteiger partial charge in [0.05, 0.1) is 4.90 Å². The van der Waals surface area contributed by atoms with Crippen molar-refractivity contribution in [3.8, 4) is 0 Å². The van der Waals surface area contributed by atoms with Crippen molar-refractivity contribution in [3.63, 3.8) is 0 Å². The quantitative estimate of drug-likeness (QED) is 0.865. The lowest BCUT2D eigenvalue weighted by molar-refractivity contribution is -0.119. The Labute approximate surface area is 142 Å². The van der Waals surface area contributed by atoms with Crippen LogP contribution in [0, 0.1) is 0 Å². The van der Waals surface area contributed by atoms with Crippen molar-refractivity contribution < 1.29 is 13.2 Å². The smallest absolute Gasteiger partial charge is 0.248 e. The molecule has 8 heteroatoms. The molecule has 130 valence electrons. The van der Waals surface area contributed by atoms with Crippen LogP contribution in [0.5, 0.6) is 0 Å². The molecule has 0 aliphatic rings. The van der Waals surface area contributed by atoms with Gasteiger partial charge in [0.15, 0.2) is 0 Å². The summed E-state index contributed by atoms with van der Waals surface area (Å²) in [5, 5.41) is 6.78. The van der Waals surface area contributed by atoms with Crippen LogP contribution >= 0.6 is 0 Å². The van der Waals surface area contributed by atoms with E-state index in [1.165, 1.54) is 16.4 Å². The SMILES string of the molecule is CC(C)N(C)S(=O)(=O)c1ccc(NC(=O)C(C)n2cccn2)cc1. The molecule has 0 fully saturated rings. The van der Waals surface area contributed by atoms with E-state index in [9.17, 15) is 13.2 Å². The van der Waals surface area contributed by atoms with Gasteiger partial charge in [0.1, 0.15) is 6.04 Å². The van der Waals surface area contributed by atoms with Gasteiger partial charge in [0.25, 0.3) is 0 Å². The van der Waals surface area contributed by atoms with E-state index < -0.39 is 16.1 Å². The molecule has 0 aliphatic carbocycles. The van der Waals surface area contributed by atoms with Gasteiger partial charge in [-0.3, -0.25) is 9.48 Å². The van der Waals surface area contributed by atoms with E-state index in [-0.39, 0.29) is 16.8 Å². The molecule has 0 bridgehead atoms. The van der Waals surface area contributed by atoms with Gasteiger partial charge in [-0.15, -0.1) is 0 Å². The highest BCUT2D eigenvalue weighted by molar-refractivity contribution is 7.89. The zero-order valence-corrected chi connectivity index (χ0v) is 15.0. The zero-order valence-electron chi connectivity index (χ0n) is 14.2. The third-order valence-corrected chi connectivity index (χ3v) is 5.87. The molecule has 2 aromatic rings. The maximum atomic E-state index is 12.4. The van der Waals surface area contributed by atoms with Crippen molar-refractivity contribution in [2.45, 2.75) is 37.8 Å². The lowest BCUT2D eigenvalue weighted by Gasteiger charge is -2.21. The Morgan fingerprint density at radius 3 is 2.33 bits per heavy atom. The molecule has 0 radical (unpaired) electrons. The standard InChI is InChI=1S/C16H22N4O3S/c1-12(2)19(4)24(22,23)15-8-6-14(7-9-15)18-16(21)13(3)20-11-5-10-17-20/h5-13H,1-4H3,(H,18,21). The number of benzene rings is 1. The average molecular weight is 350 g/mol. The Morgan fingerprint density at radius 1 is 1.21 bits per heavy atom. The second-order valence-electron chi connectivity index (χ2n) is 5.79. The summed E-state index contributed by atoms with van der Waals surface area (Å²) in [6.45, 7) is 5.35. The summed E-state index contributed by atoms with van der Waals surface area (Å²) in [7, 11) is -1.99. The number of hydrogen-bond acceptors (Lipinski definition) is 4. The van der Waals surface area contributed by atoms with E-state index in [0.29, 0.717) is 5.69 Å². The number of anilines is 1. The number of rotatable bonds is 6. The van der Waals surface area contributed by atoms with Crippen molar-refractivity contribution in [2.75, 3.05) is 12.4 Å². The Kier molecular flexibility index (Phi) is 5.40. The van der Waals surface area contributed by atoms with Crippen LogP contribution < -0.4 is 5.32 Å². The van der Waals surface area contributed by atoms with Crippen LogP contribution in [0.1, 0.15) is 26.8 Å². The van der Waals surface area contributed by atoms with Crippen LogP contribution in [-0.4, -0.2) is 41.5 Å². The zero-order chi connectivity index (χ0) is 17.9. The monoisotopic (exact) mass is 350 g/mol. The highest BCUT2D eigenvalue weighted by Crippen LogP contribution is 2.19. The predicted octanol–water partition coefficient (Wildman–Crippen LogP) is 2.11. The van der Waals surface area contributed by atoms with Gasteiger partial charge in [-0.2, -0.15) is 9.40 Å².